The van der Waals surface area contributed by atoms with Crippen LogP contribution in [0.2, 0.25) is 5.02 Å². The monoisotopic (exact) mass is 445 g/mol. The number of rotatable bonds is 6. The second-order valence-electron chi connectivity index (χ2n) is 6.53. The number of hydrogen-bond donors (Lipinski definition) is 1. The minimum atomic E-state index is -0.591. The van der Waals surface area contributed by atoms with Gasteiger partial charge in [0.05, 0.1) is 19.2 Å². The molecule has 6 nitrogen and oxygen atoms in total. The lowest BCUT2D eigenvalue weighted by atomic mass is 10.1. The average molecular weight is 446 g/mol. The molecule has 3 aromatic rings. The predicted molar refractivity (Wildman–Crippen MR) is 114 cm³/mol. The molecule has 0 bridgehead atoms. The van der Waals surface area contributed by atoms with Crippen LogP contribution in [0.5, 0.6) is 5.75 Å². The van der Waals surface area contributed by atoms with Crippen LogP contribution in [0.4, 0.5) is 26.0 Å². The van der Waals surface area contributed by atoms with Crippen molar-refractivity contribution in [3.05, 3.63) is 76.9 Å². The molecule has 0 saturated carbocycles. The van der Waals surface area contributed by atoms with Crippen molar-refractivity contribution in [2.24, 2.45) is 0 Å². The molecule has 0 atom stereocenters. The summed E-state index contributed by atoms with van der Waals surface area (Å²) in [5.74, 6) is -1.73. The number of carbonyl (C=O) groups is 2. The molecule has 2 amide bonds. The molecular weight excluding hydrogens is 428 g/mol. The summed E-state index contributed by atoms with van der Waals surface area (Å²) in [5, 5.41) is 2.77. The van der Waals surface area contributed by atoms with Gasteiger partial charge in [0.25, 0.3) is 0 Å². The van der Waals surface area contributed by atoms with E-state index in [1.54, 1.807) is 0 Å². The van der Waals surface area contributed by atoms with Crippen molar-refractivity contribution in [3.8, 4) is 5.75 Å². The number of carbonyl (C=O) groups excluding carboxylic acids is 2. The van der Waals surface area contributed by atoms with Gasteiger partial charge in [-0.15, -0.1) is 0 Å². The fourth-order valence-electron chi connectivity index (χ4n) is 2.96. The van der Waals surface area contributed by atoms with Crippen molar-refractivity contribution >= 4 is 40.6 Å². The zero-order valence-corrected chi connectivity index (χ0v) is 17.4. The van der Waals surface area contributed by atoms with E-state index < -0.39 is 23.4 Å². The molecule has 0 unspecified atom stereocenters. The molecule has 0 aliphatic rings. The topological polar surface area (TPSA) is 71.5 Å². The van der Waals surface area contributed by atoms with Gasteiger partial charge in [-0.25, -0.2) is 13.8 Å². The molecule has 0 aliphatic heterocycles. The minimum absolute atomic E-state index is 0.0770. The Kier molecular flexibility index (Phi) is 6.81. The smallest absolute Gasteiger partial charge is 0.229 e. The highest BCUT2D eigenvalue weighted by atomic mass is 35.5. The first-order chi connectivity index (χ1) is 14.8. The molecule has 1 N–H and O–H groups in total. The number of pyridine rings is 1. The molecule has 3 rings (SSSR count). The van der Waals surface area contributed by atoms with Crippen molar-refractivity contribution in [2.45, 2.75) is 13.3 Å². The van der Waals surface area contributed by atoms with Gasteiger partial charge in [0, 0.05) is 47.6 Å². The van der Waals surface area contributed by atoms with E-state index in [9.17, 15) is 18.4 Å². The first-order valence-corrected chi connectivity index (χ1v) is 9.50. The third-order valence-electron chi connectivity index (χ3n) is 4.32. The van der Waals surface area contributed by atoms with E-state index in [0.29, 0.717) is 5.69 Å². The van der Waals surface area contributed by atoms with Gasteiger partial charge in [-0.1, -0.05) is 17.7 Å². The SMILES string of the molecule is COc1cc(F)cc(N(C(C)=O)c2cc(NC(=O)Cc3c(F)cccc3Cl)ccn2)c1. The first kappa shape index (κ1) is 22.2. The van der Waals surface area contributed by atoms with Crippen LogP contribution in [0.15, 0.2) is 54.7 Å². The van der Waals surface area contributed by atoms with Gasteiger partial charge in [-0.3, -0.25) is 14.5 Å². The zero-order chi connectivity index (χ0) is 22.5. The van der Waals surface area contributed by atoms with Crippen molar-refractivity contribution in [3.63, 3.8) is 0 Å². The molecule has 0 radical (unpaired) electrons. The molecule has 0 aliphatic carbocycles. The van der Waals surface area contributed by atoms with Crippen LogP contribution in [0.25, 0.3) is 0 Å². The molecule has 2 aromatic carbocycles. The molecule has 0 fully saturated rings. The Balaban J connectivity index is 1.86. The standard InChI is InChI=1S/C22H18ClF2N3O3/c1-13(29)28(16-8-14(24)9-17(11-16)31-2)21-10-15(6-7-26-21)27-22(30)12-18-19(23)4-3-5-20(18)25/h3-11H,12H2,1-2H3,(H,26,27,30). The lowest BCUT2D eigenvalue weighted by molar-refractivity contribution is -0.116. The Labute approximate surface area is 182 Å². The summed E-state index contributed by atoms with van der Waals surface area (Å²) in [6, 6.07) is 10.9. The summed E-state index contributed by atoms with van der Waals surface area (Å²) >= 11 is 5.97. The van der Waals surface area contributed by atoms with Crippen LogP contribution in [0.3, 0.4) is 0 Å². The van der Waals surface area contributed by atoms with Gasteiger partial charge in [0.15, 0.2) is 0 Å². The molecule has 31 heavy (non-hydrogen) atoms. The fourth-order valence-corrected chi connectivity index (χ4v) is 3.19. The second kappa shape index (κ2) is 9.53. The largest absolute Gasteiger partial charge is 0.497 e. The highest BCUT2D eigenvalue weighted by Gasteiger charge is 2.19. The first-order valence-electron chi connectivity index (χ1n) is 9.12. The summed E-state index contributed by atoms with van der Waals surface area (Å²) in [4.78, 5) is 30.0. The van der Waals surface area contributed by atoms with Crippen LogP contribution in [0.1, 0.15) is 12.5 Å². The van der Waals surface area contributed by atoms with Crippen LogP contribution in [-0.2, 0) is 16.0 Å². The molecule has 0 spiro atoms. The number of nitrogens with one attached hydrogen (secondary N) is 1. The highest BCUT2D eigenvalue weighted by Crippen LogP contribution is 2.30. The van der Waals surface area contributed by atoms with Crippen LogP contribution in [-0.4, -0.2) is 23.9 Å². The summed E-state index contributed by atoms with van der Waals surface area (Å²) in [7, 11) is 1.38. The maximum absolute atomic E-state index is 13.9. The number of ether oxygens (including phenoxy) is 1. The summed E-state index contributed by atoms with van der Waals surface area (Å²) < 4.78 is 32.9. The Bertz CT molecular complexity index is 1120. The van der Waals surface area contributed by atoms with Crippen molar-refractivity contribution in [2.75, 3.05) is 17.3 Å². The molecule has 1 aromatic heterocycles. The van der Waals surface area contributed by atoms with E-state index in [1.165, 1.54) is 67.6 Å². The Morgan fingerprint density at radius 2 is 1.94 bits per heavy atom. The van der Waals surface area contributed by atoms with Crippen LogP contribution in [0, 0.1) is 11.6 Å². The van der Waals surface area contributed by atoms with E-state index in [1.807, 2.05) is 0 Å². The normalized spacial score (nSPS) is 10.5. The lowest BCUT2D eigenvalue weighted by Crippen LogP contribution is -2.24. The highest BCUT2D eigenvalue weighted by molar-refractivity contribution is 6.31. The maximum Gasteiger partial charge on any atom is 0.229 e. The number of nitrogens with zero attached hydrogens (tertiary/aromatic N) is 2. The average Bonchev–Trinajstić information content (AvgIpc) is 2.70. The summed E-state index contributed by atoms with van der Waals surface area (Å²) in [5.41, 5.74) is 0.601. The number of methoxy groups -OCH3 is 1. The van der Waals surface area contributed by atoms with Gasteiger partial charge in [0.2, 0.25) is 11.8 Å². The maximum atomic E-state index is 13.9. The number of aromatic nitrogens is 1. The predicted octanol–water partition coefficient (Wildman–Crippen LogP) is 4.89. The molecular formula is C22H18ClF2N3O3. The van der Waals surface area contributed by atoms with E-state index in [4.69, 9.17) is 16.3 Å². The third kappa shape index (κ3) is 5.35. The Morgan fingerprint density at radius 1 is 1.16 bits per heavy atom. The molecule has 1 heterocycles. The number of hydrogen-bond acceptors (Lipinski definition) is 4. The number of benzene rings is 2. The van der Waals surface area contributed by atoms with E-state index in [0.717, 1.165) is 6.07 Å². The van der Waals surface area contributed by atoms with Gasteiger partial charge in [0.1, 0.15) is 23.2 Å². The quantitative estimate of drug-likeness (QED) is 0.586. The lowest BCUT2D eigenvalue weighted by Gasteiger charge is -2.21. The Morgan fingerprint density at radius 3 is 2.61 bits per heavy atom. The van der Waals surface area contributed by atoms with Gasteiger partial charge < -0.3 is 10.1 Å². The molecule has 160 valence electrons. The van der Waals surface area contributed by atoms with Crippen molar-refractivity contribution in [1.82, 2.24) is 4.98 Å². The van der Waals surface area contributed by atoms with Gasteiger partial charge in [-0.2, -0.15) is 0 Å². The number of anilines is 3. The van der Waals surface area contributed by atoms with Crippen molar-refractivity contribution < 1.29 is 23.1 Å². The number of halogens is 3. The number of amides is 2. The van der Waals surface area contributed by atoms with Gasteiger partial charge >= 0.3 is 0 Å². The second-order valence-corrected chi connectivity index (χ2v) is 6.94. The molecule has 9 heteroatoms. The molecule has 0 saturated heterocycles. The summed E-state index contributed by atoms with van der Waals surface area (Å²) in [6.07, 6.45) is 1.11. The Hall–Kier alpha value is -3.52. The van der Waals surface area contributed by atoms with Crippen molar-refractivity contribution in [1.29, 1.82) is 0 Å². The summed E-state index contributed by atoms with van der Waals surface area (Å²) in [6.45, 7) is 1.30. The van der Waals surface area contributed by atoms with E-state index in [-0.39, 0.29) is 34.3 Å². The van der Waals surface area contributed by atoms with Crippen LogP contribution < -0.4 is 15.0 Å². The minimum Gasteiger partial charge on any atom is -0.497 e. The van der Waals surface area contributed by atoms with Gasteiger partial charge in [-0.05, 0) is 24.3 Å². The zero-order valence-electron chi connectivity index (χ0n) is 16.7. The van der Waals surface area contributed by atoms with E-state index >= 15 is 0 Å². The third-order valence-corrected chi connectivity index (χ3v) is 4.68. The van der Waals surface area contributed by atoms with Crippen LogP contribution >= 0.6 is 11.6 Å². The fraction of sp³-hybridized carbons (Fsp3) is 0.136. The van der Waals surface area contributed by atoms with E-state index in [2.05, 4.69) is 10.3 Å².